The van der Waals surface area contributed by atoms with Crippen LogP contribution in [0.25, 0.3) is 0 Å². The van der Waals surface area contributed by atoms with Crippen molar-refractivity contribution in [2.75, 3.05) is 33.2 Å². The van der Waals surface area contributed by atoms with E-state index in [0.717, 1.165) is 13.1 Å². The lowest BCUT2D eigenvalue weighted by molar-refractivity contribution is -0.138. The summed E-state index contributed by atoms with van der Waals surface area (Å²) in [6, 6.07) is -0.265. The molecule has 2 fully saturated rings. The SMILES string of the molecule is CN1CCN(C(=O)C2CCC(=O)N2)C(CN)C1. The third kappa shape index (κ3) is 2.58. The Morgan fingerprint density at radius 2 is 2.29 bits per heavy atom. The van der Waals surface area contributed by atoms with Gasteiger partial charge in [0.25, 0.3) is 0 Å². The maximum atomic E-state index is 12.3. The van der Waals surface area contributed by atoms with Gasteiger partial charge in [-0.2, -0.15) is 0 Å². The highest BCUT2D eigenvalue weighted by Gasteiger charge is 2.35. The Kier molecular flexibility index (Phi) is 3.63. The standard InChI is InChI=1S/C11H20N4O2/c1-14-4-5-15(8(6-12)7-14)11(17)9-2-3-10(16)13-9/h8-9H,2-7,12H2,1H3,(H,13,16). The zero-order chi connectivity index (χ0) is 12.4. The summed E-state index contributed by atoms with van der Waals surface area (Å²) >= 11 is 0. The third-order valence-electron chi connectivity index (χ3n) is 3.53. The topological polar surface area (TPSA) is 78.7 Å². The second-order valence-corrected chi connectivity index (χ2v) is 4.84. The molecule has 3 N–H and O–H groups in total. The molecular weight excluding hydrogens is 220 g/mol. The van der Waals surface area contributed by atoms with Crippen molar-refractivity contribution in [3.05, 3.63) is 0 Å². The molecule has 2 amide bonds. The van der Waals surface area contributed by atoms with Gasteiger partial charge in [0, 0.05) is 32.6 Å². The number of nitrogens with zero attached hydrogens (tertiary/aromatic N) is 2. The molecule has 0 spiro atoms. The Morgan fingerprint density at radius 1 is 1.53 bits per heavy atom. The first kappa shape index (κ1) is 12.3. The summed E-state index contributed by atoms with van der Waals surface area (Å²) < 4.78 is 0. The van der Waals surface area contributed by atoms with E-state index in [1.165, 1.54) is 0 Å². The molecule has 6 nitrogen and oxygen atoms in total. The first-order valence-corrected chi connectivity index (χ1v) is 6.10. The third-order valence-corrected chi connectivity index (χ3v) is 3.53. The number of nitrogens with two attached hydrogens (primary N) is 1. The number of carbonyl (C=O) groups excluding carboxylic acids is 2. The Bertz CT molecular complexity index is 321. The maximum Gasteiger partial charge on any atom is 0.245 e. The molecule has 2 rings (SSSR count). The lowest BCUT2D eigenvalue weighted by Crippen LogP contribution is -2.59. The minimum absolute atomic E-state index is 0.0261. The van der Waals surface area contributed by atoms with Crippen molar-refractivity contribution in [3.63, 3.8) is 0 Å². The summed E-state index contributed by atoms with van der Waals surface area (Å²) in [4.78, 5) is 27.4. The molecule has 0 saturated carbocycles. The summed E-state index contributed by atoms with van der Waals surface area (Å²) in [6.45, 7) is 2.84. The monoisotopic (exact) mass is 240 g/mol. The number of likely N-dealkylation sites (N-methyl/N-ethyl adjacent to an activating group) is 1. The predicted molar refractivity (Wildman–Crippen MR) is 63.2 cm³/mol. The van der Waals surface area contributed by atoms with E-state index in [1.54, 1.807) is 0 Å². The van der Waals surface area contributed by atoms with Crippen LogP contribution in [-0.2, 0) is 9.59 Å². The van der Waals surface area contributed by atoms with Gasteiger partial charge in [-0.15, -0.1) is 0 Å². The van der Waals surface area contributed by atoms with Gasteiger partial charge in [-0.05, 0) is 13.5 Å². The summed E-state index contributed by atoms with van der Waals surface area (Å²) in [5, 5.41) is 2.72. The zero-order valence-corrected chi connectivity index (χ0v) is 10.2. The van der Waals surface area contributed by atoms with Crippen LogP contribution in [0.3, 0.4) is 0 Å². The number of amides is 2. The van der Waals surface area contributed by atoms with Gasteiger partial charge in [0.15, 0.2) is 0 Å². The van der Waals surface area contributed by atoms with Crippen LogP contribution in [-0.4, -0.2) is 66.9 Å². The van der Waals surface area contributed by atoms with E-state index in [2.05, 4.69) is 10.2 Å². The minimum atomic E-state index is -0.333. The molecule has 2 heterocycles. The minimum Gasteiger partial charge on any atom is -0.344 e. The molecule has 2 unspecified atom stereocenters. The van der Waals surface area contributed by atoms with Crippen molar-refractivity contribution in [1.82, 2.24) is 15.1 Å². The van der Waals surface area contributed by atoms with Gasteiger partial charge in [0.1, 0.15) is 6.04 Å². The maximum absolute atomic E-state index is 12.3. The molecule has 0 aromatic carbocycles. The number of hydrogen-bond donors (Lipinski definition) is 2. The van der Waals surface area contributed by atoms with E-state index in [4.69, 9.17) is 5.73 Å². The molecule has 6 heteroatoms. The molecule has 2 aliphatic heterocycles. The van der Waals surface area contributed by atoms with Crippen LogP contribution in [0.2, 0.25) is 0 Å². The van der Waals surface area contributed by atoms with Gasteiger partial charge in [0.05, 0.1) is 6.04 Å². The highest BCUT2D eigenvalue weighted by atomic mass is 16.2. The molecular formula is C11H20N4O2. The number of hydrogen-bond acceptors (Lipinski definition) is 4. The molecule has 2 atom stereocenters. The first-order valence-electron chi connectivity index (χ1n) is 6.10. The van der Waals surface area contributed by atoms with Crippen molar-refractivity contribution in [3.8, 4) is 0 Å². The summed E-state index contributed by atoms with van der Waals surface area (Å²) in [6.07, 6.45) is 1.07. The van der Waals surface area contributed by atoms with Gasteiger partial charge in [-0.1, -0.05) is 0 Å². The van der Waals surface area contributed by atoms with Crippen LogP contribution < -0.4 is 11.1 Å². The van der Waals surface area contributed by atoms with Crippen LogP contribution in [0.15, 0.2) is 0 Å². The van der Waals surface area contributed by atoms with Gasteiger partial charge in [-0.3, -0.25) is 9.59 Å². The number of nitrogens with one attached hydrogen (secondary N) is 1. The Hall–Kier alpha value is -1.14. The van der Waals surface area contributed by atoms with E-state index >= 15 is 0 Å². The van der Waals surface area contributed by atoms with Crippen molar-refractivity contribution in [1.29, 1.82) is 0 Å². The fourth-order valence-electron chi connectivity index (χ4n) is 2.50. The van der Waals surface area contributed by atoms with Crippen molar-refractivity contribution in [2.45, 2.75) is 24.9 Å². The van der Waals surface area contributed by atoms with E-state index in [9.17, 15) is 9.59 Å². The normalized spacial score (nSPS) is 30.5. The van der Waals surface area contributed by atoms with E-state index in [0.29, 0.717) is 25.9 Å². The van der Waals surface area contributed by atoms with Gasteiger partial charge in [0.2, 0.25) is 11.8 Å². The second kappa shape index (κ2) is 5.01. The summed E-state index contributed by atoms with van der Waals surface area (Å²) in [7, 11) is 2.03. The number of rotatable bonds is 2. The highest BCUT2D eigenvalue weighted by Crippen LogP contribution is 2.14. The van der Waals surface area contributed by atoms with Gasteiger partial charge >= 0.3 is 0 Å². The van der Waals surface area contributed by atoms with Crippen molar-refractivity contribution in [2.24, 2.45) is 5.73 Å². The van der Waals surface area contributed by atoms with Crippen molar-refractivity contribution >= 4 is 11.8 Å². The molecule has 0 radical (unpaired) electrons. The van der Waals surface area contributed by atoms with Gasteiger partial charge in [-0.25, -0.2) is 0 Å². The smallest absolute Gasteiger partial charge is 0.245 e. The molecule has 96 valence electrons. The number of piperazine rings is 1. The largest absolute Gasteiger partial charge is 0.344 e. The lowest BCUT2D eigenvalue weighted by atomic mass is 10.1. The Morgan fingerprint density at radius 3 is 2.88 bits per heavy atom. The van der Waals surface area contributed by atoms with Crippen molar-refractivity contribution < 1.29 is 9.59 Å². The molecule has 0 aliphatic carbocycles. The lowest BCUT2D eigenvalue weighted by Gasteiger charge is -2.40. The molecule has 0 aromatic rings. The fraction of sp³-hybridized carbons (Fsp3) is 0.818. The molecule has 0 bridgehead atoms. The van der Waals surface area contributed by atoms with Crippen LogP contribution in [0, 0.1) is 0 Å². The van der Waals surface area contributed by atoms with E-state index in [1.807, 2.05) is 11.9 Å². The van der Waals surface area contributed by atoms with Crippen LogP contribution in [0.1, 0.15) is 12.8 Å². The van der Waals surface area contributed by atoms with Crippen LogP contribution in [0.4, 0.5) is 0 Å². The Labute approximate surface area is 101 Å². The quantitative estimate of drug-likeness (QED) is 0.607. The molecule has 17 heavy (non-hydrogen) atoms. The molecule has 2 saturated heterocycles. The van der Waals surface area contributed by atoms with E-state index < -0.39 is 0 Å². The highest BCUT2D eigenvalue weighted by molar-refractivity contribution is 5.91. The average Bonchev–Trinajstić information content (AvgIpc) is 2.75. The number of carbonyl (C=O) groups is 2. The predicted octanol–water partition coefficient (Wildman–Crippen LogP) is -1.63. The van der Waals surface area contributed by atoms with Gasteiger partial charge < -0.3 is 20.9 Å². The second-order valence-electron chi connectivity index (χ2n) is 4.84. The zero-order valence-electron chi connectivity index (χ0n) is 10.2. The van der Waals surface area contributed by atoms with Crippen LogP contribution >= 0.6 is 0 Å². The summed E-state index contributed by atoms with van der Waals surface area (Å²) in [5.74, 6) is 0.00109. The fourth-order valence-corrected chi connectivity index (χ4v) is 2.50. The average molecular weight is 240 g/mol. The van der Waals surface area contributed by atoms with Crippen LogP contribution in [0.5, 0.6) is 0 Å². The Balaban J connectivity index is 2.00. The molecule has 0 aromatic heterocycles. The summed E-state index contributed by atoms with van der Waals surface area (Å²) in [5.41, 5.74) is 5.71. The van der Waals surface area contributed by atoms with E-state index in [-0.39, 0.29) is 23.9 Å². The first-order chi connectivity index (χ1) is 8.11. The molecule has 2 aliphatic rings.